The second kappa shape index (κ2) is 9.73. The van der Waals surface area contributed by atoms with Gasteiger partial charge in [-0.1, -0.05) is 30.3 Å². The number of hydrogen-bond acceptors (Lipinski definition) is 4. The van der Waals surface area contributed by atoms with E-state index in [9.17, 15) is 4.79 Å². The van der Waals surface area contributed by atoms with Crippen LogP contribution >= 0.6 is 0 Å². The fraction of sp³-hybridized carbons (Fsp3) is 0.333. The van der Waals surface area contributed by atoms with Crippen LogP contribution in [-0.2, 0) is 11.3 Å². The summed E-state index contributed by atoms with van der Waals surface area (Å²) in [4.78, 5) is 26.8. The van der Waals surface area contributed by atoms with E-state index in [1.54, 1.807) is 11.9 Å². The molecule has 1 unspecified atom stereocenters. The largest absolute Gasteiger partial charge is 0.483 e. The summed E-state index contributed by atoms with van der Waals surface area (Å²) in [7, 11) is 1.79. The van der Waals surface area contributed by atoms with E-state index < -0.39 is 0 Å². The van der Waals surface area contributed by atoms with Crippen molar-refractivity contribution in [2.45, 2.75) is 38.4 Å². The van der Waals surface area contributed by atoms with Crippen molar-refractivity contribution in [2.24, 2.45) is 0 Å². The summed E-state index contributed by atoms with van der Waals surface area (Å²) in [6, 6.07) is 12.3. The molecule has 2 heterocycles. The molecule has 3 aromatic rings. The maximum atomic E-state index is 12.6. The molecule has 0 aliphatic heterocycles. The molecule has 30 heavy (non-hydrogen) atoms. The lowest BCUT2D eigenvalue weighted by Gasteiger charge is -2.24. The van der Waals surface area contributed by atoms with Crippen LogP contribution in [0.2, 0.25) is 0 Å². The van der Waals surface area contributed by atoms with E-state index in [2.05, 4.69) is 25.1 Å². The molecule has 1 saturated carbocycles. The number of benzene rings is 1. The third-order valence-electron chi connectivity index (χ3n) is 5.13. The summed E-state index contributed by atoms with van der Waals surface area (Å²) in [5.74, 6) is 0. The minimum absolute atomic E-state index is 0.122. The van der Waals surface area contributed by atoms with Gasteiger partial charge in [-0.2, -0.15) is 5.10 Å². The minimum atomic E-state index is -0.250. The van der Waals surface area contributed by atoms with E-state index in [0.29, 0.717) is 12.6 Å². The number of carboxylic acid groups (broad SMARTS) is 1. The van der Waals surface area contributed by atoms with Crippen LogP contribution in [0.5, 0.6) is 0 Å². The average molecular weight is 410 g/mol. The zero-order valence-electron chi connectivity index (χ0n) is 17.0. The van der Waals surface area contributed by atoms with Gasteiger partial charge in [0, 0.05) is 24.8 Å². The van der Waals surface area contributed by atoms with E-state index >= 15 is 0 Å². The molecule has 4 rings (SSSR count). The monoisotopic (exact) mass is 410 g/mol. The van der Waals surface area contributed by atoms with Gasteiger partial charge >= 0.3 is 6.03 Å². The Hall–Kier alpha value is -3.62. The Morgan fingerprint density at radius 1 is 1.40 bits per heavy atom. The van der Waals surface area contributed by atoms with Crippen LogP contribution in [0.25, 0.3) is 11.3 Å². The number of amides is 2. The highest BCUT2D eigenvalue weighted by Gasteiger charge is 2.25. The molecule has 1 fully saturated rings. The maximum absolute atomic E-state index is 12.6. The normalized spacial score (nSPS) is 13.7. The van der Waals surface area contributed by atoms with Crippen molar-refractivity contribution in [1.82, 2.24) is 30.0 Å². The number of H-pyrrole nitrogens is 1. The molecule has 1 aliphatic rings. The molecule has 2 amide bonds. The Morgan fingerprint density at radius 3 is 2.77 bits per heavy atom. The maximum Gasteiger partial charge on any atom is 0.318 e. The van der Waals surface area contributed by atoms with Gasteiger partial charge in [-0.25, -0.2) is 9.78 Å². The van der Waals surface area contributed by atoms with E-state index in [0.717, 1.165) is 22.6 Å². The van der Waals surface area contributed by atoms with E-state index in [1.165, 1.54) is 12.8 Å². The van der Waals surface area contributed by atoms with Crippen molar-refractivity contribution in [2.75, 3.05) is 7.05 Å². The van der Waals surface area contributed by atoms with Crippen molar-refractivity contribution < 1.29 is 14.7 Å². The molecule has 0 spiro atoms. The highest BCUT2D eigenvalue weighted by Crippen LogP contribution is 2.35. The molecule has 0 radical (unpaired) electrons. The van der Waals surface area contributed by atoms with Crippen LogP contribution in [0.3, 0.4) is 0 Å². The molecule has 1 atom stereocenters. The number of carbonyl (C=O) groups is 2. The topological polar surface area (TPSA) is 116 Å². The highest BCUT2D eigenvalue weighted by molar-refractivity contribution is 5.74. The van der Waals surface area contributed by atoms with Gasteiger partial charge in [-0.15, -0.1) is 0 Å². The molecule has 0 saturated heterocycles. The van der Waals surface area contributed by atoms with Crippen LogP contribution in [0.4, 0.5) is 4.79 Å². The lowest BCUT2D eigenvalue weighted by molar-refractivity contribution is -0.122. The summed E-state index contributed by atoms with van der Waals surface area (Å²) in [6.45, 7) is 2.21. The molecular formula is C21H26N6O3. The van der Waals surface area contributed by atoms with Crippen molar-refractivity contribution in [3.63, 3.8) is 0 Å². The first-order valence-corrected chi connectivity index (χ1v) is 9.75. The number of imidazole rings is 1. The van der Waals surface area contributed by atoms with Crippen molar-refractivity contribution in [3.8, 4) is 11.3 Å². The quantitative estimate of drug-likeness (QED) is 0.540. The molecular weight excluding hydrogens is 384 g/mol. The highest BCUT2D eigenvalue weighted by atomic mass is 16.3. The molecule has 2 aromatic heterocycles. The number of nitrogens with one attached hydrogen (secondary N) is 2. The molecule has 9 heteroatoms. The Bertz CT molecular complexity index is 964. The van der Waals surface area contributed by atoms with Gasteiger partial charge in [-0.05, 0) is 25.8 Å². The lowest BCUT2D eigenvalue weighted by atomic mass is 10.1. The summed E-state index contributed by atoms with van der Waals surface area (Å²) in [5, 5.41) is 17.3. The minimum Gasteiger partial charge on any atom is -0.483 e. The van der Waals surface area contributed by atoms with Crippen LogP contribution in [-0.4, -0.2) is 49.3 Å². The number of rotatable bonds is 6. The fourth-order valence-corrected chi connectivity index (χ4v) is 3.13. The predicted octanol–water partition coefficient (Wildman–Crippen LogP) is 3.21. The molecule has 1 aromatic carbocycles. The summed E-state index contributed by atoms with van der Waals surface area (Å²) in [6.07, 6.45) is 6.06. The first kappa shape index (κ1) is 21.1. The van der Waals surface area contributed by atoms with Crippen LogP contribution in [0.15, 0.2) is 48.9 Å². The van der Waals surface area contributed by atoms with Gasteiger partial charge in [-0.3, -0.25) is 9.89 Å². The number of aromatic nitrogens is 4. The summed E-state index contributed by atoms with van der Waals surface area (Å²) in [5.41, 5.74) is 3.86. The summed E-state index contributed by atoms with van der Waals surface area (Å²) < 4.78 is 2.16. The Balaban J connectivity index is 0.000000806. The number of aromatic amines is 1. The first-order valence-electron chi connectivity index (χ1n) is 9.75. The van der Waals surface area contributed by atoms with Crippen molar-refractivity contribution >= 4 is 12.5 Å². The molecule has 158 valence electrons. The predicted molar refractivity (Wildman–Crippen MR) is 112 cm³/mol. The fourth-order valence-electron chi connectivity index (χ4n) is 3.13. The molecule has 0 bridgehead atoms. The van der Waals surface area contributed by atoms with E-state index in [-0.39, 0.29) is 18.5 Å². The number of hydrogen-bond donors (Lipinski definition) is 3. The van der Waals surface area contributed by atoms with Gasteiger partial charge in [0.05, 0.1) is 36.0 Å². The Kier molecular flexibility index (Phi) is 6.84. The molecule has 9 nitrogen and oxygen atoms in total. The third kappa shape index (κ3) is 5.05. The van der Waals surface area contributed by atoms with Gasteiger partial charge < -0.3 is 19.9 Å². The summed E-state index contributed by atoms with van der Waals surface area (Å²) >= 11 is 0. The van der Waals surface area contributed by atoms with Gasteiger partial charge in [0.1, 0.15) is 0 Å². The lowest BCUT2D eigenvalue weighted by Crippen LogP contribution is -2.38. The van der Waals surface area contributed by atoms with Gasteiger partial charge in [0.2, 0.25) is 0 Å². The van der Waals surface area contributed by atoms with Crippen LogP contribution in [0, 0.1) is 0 Å². The smallest absolute Gasteiger partial charge is 0.318 e. The standard InChI is InChI=1S/C20H24N6O.CH2O2/c1-14(18-10-19(24-23-18)15-6-4-3-5-7-15)25(2)20(27)22-12-17-11-21-13-26(17)16-8-9-16;2-1-3/h3-7,10-11,13-14,16H,8-9,12H2,1-2H3,(H,22,27)(H,23,24);1H,(H,2,3). The van der Waals surface area contributed by atoms with Gasteiger partial charge in [0.25, 0.3) is 6.47 Å². The van der Waals surface area contributed by atoms with E-state index in [1.807, 2.05) is 55.8 Å². The van der Waals surface area contributed by atoms with Crippen LogP contribution < -0.4 is 5.32 Å². The Labute approximate surface area is 174 Å². The van der Waals surface area contributed by atoms with Gasteiger partial charge in [0.15, 0.2) is 0 Å². The first-order chi connectivity index (χ1) is 14.5. The zero-order chi connectivity index (χ0) is 21.5. The zero-order valence-corrected chi connectivity index (χ0v) is 17.0. The number of nitrogens with zero attached hydrogens (tertiary/aromatic N) is 4. The van der Waals surface area contributed by atoms with Crippen LogP contribution in [0.1, 0.15) is 43.2 Å². The van der Waals surface area contributed by atoms with E-state index in [4.69, 9.17) is 9.90 Å². The Morgan fingerprint density at radius 2 is 2.10 bits per heavy atom. The average Bonchev–Trinajstić information content (AvgIpc) is 3.29. The molecule has 3 N–H and O–H groups in total. The van der Waals surface area contributed by atoms with Crippen molar-refractivity contribution in [1.29, 1.82) is 0 Å². The number of urea groups is 1. The number of carbonyl (C=O) groups excluding carboxylic acids is 1. The second-order valence-electron chi connectivity index (χ2n) is 7.15. The SMILES string of the molecule is CC(c1cc(-c2ccccc2)n[nH]1)N(C)C(=O)NCc1cncn1C1CC1.O=CO. The van der Waals surface area contributed by atoms with Crippen molar-refractivity contribution in [3.05, 3.63) is 60.3 Å². The second-order valence-corrected chi connectivity index (χ2v) is 7.15. The third-order valence-corrected chi connectivity index (χ3v) is 5.13. The molecule has 1 aliphatic carbocycles.